The van der Waals surface area contributed by atoms with Crippen molar-refractivity contribution in [1.82, 2.24) is 5.32 Å². The van der Waals surface area contributed by atoms with Crippen LogP contribution in [0.3, 0.4) is 0 Å². The molecule has 1 aliphatic carbocycles. The molecule has 0 unspecified atom stereocenters. The van der Waals surface area contributed by atoms with E-state index < -0.39 is 0 Å². The van der Waals surface area contributed by atoms with Gasteiger partial charge in [-0.05, 0) is 63.3 Å². The molecule has 1 amide bonds. The van der Waals surface area contributed by atoms with Crippen molar-refractivity contribution in [2.24, 2.45) is 5.92 Å². The maximum absolute atomic E-state index is 12.4. The molecular weight excluding hydrogens is 262 g/mol. The minimum Gasteiger partial charge on any atom is -0.395 e. The van der Waals surface area contributed by atoms with E-state index in [-0.39, 0.29) is 18.1 Å². The van der Waals surface area contributed by atoms with Crippen molar-refractivity contribution in [3.8, 4) is 11.8 Å². The van der Waals surface area contributed by atoms with E-state index in [9.17, 15) is 4.79 Å². The number of aryl methyl sites for hydroxylation is 1. The van der Waals surface area contributed by atoms with Gasteiger partial charge in [0.05, 0.1) is 6.61 Å². The monoisotopic (exact) mass is 285 g/mol. The fourth-order valence-corrected chi connectivity index (χ4v) is 2.48. The third-order valence-electron chi connectivity index (χ3n) is 3.84. The fourth-order valence-electron chi connectivity index (χ4n) is 2.48. The Morgan fingerprint density at radius 3 is 2.71 bits per heavy atom. The number of hydrogen-bond donors (Lipinski definition) is 2. The van der Waals surface area contributed by atoms with Crippen LogP contribution in [0, 0.1) is 24.7 Å². The van der Waals surface area contributed by atoms with Crippen LogP contribution >= 0.6 is 0 Å². The lowest BCUT2D eigenvalue weighted by Gasteiger charge is -2.26. The third kappa shape index (κ3) is 4.34. The Morgan fingerprint density at radius 2 is 2.10 bits per heavy atom. The third-order valence-corrected chi connectivity index (χ3v) is 3.84. The van der Waals surface area contributed by atoms with Crippen molar-refractivity contribution < 1.29 is 9.90 Å². The SMILES string of the molecule is Cc1cc(C#CCCO)cc(C(=O)NC(C)(C)C2CC2)c1. The number of aliphatic hydroxyl groups is 1. The molecule has 1 aromatic carbocycles. The molecule has 2 rings (SSSR count). The first-order valence-corrected chi connectivity index (χ1v) is 7.46. The number of hydrogen-bond acceptors (Lipinski definition) is 2. The zero-order valence-corrected chi connectivity index (χ0v) is 13.0. The number of rotatable bonds is 4. The summed E-state index contributed by atoms with van der Waals surface area (Å²) >= 11 is 0. The number of carbonyl (C=O) groups excluding carboxylic acids is 1. The second-order valence-corrected chi connectivity index (χ2v) is 6.31. The first-order chi connectivity index (χ1) is 9.92. The van der Waals surface area contributed by atoms with Crippen LogP contribution in [-0.2, 0) is 0 Å². The summed E-state index contributed by atoms with van der Waals surface area (Å²) in [5.74, 6) is 6.43. The molecule has 1 fully saturated rings. The van der Waals surface area contributed by atoms with Crippen LogP contribution in [0.5, 0.6) is 0 Å². The van der Waals surface area contributed by atoms with Gasteiger partial charge in [-0.2, -0.15) is 0 Å². The predicted molar refractivity (Wildman–Crippen MR) is 84.0 cm³/mol. The average Bonchev–Trinajstić information content (AvgIpc) is 3.22. The second-order valence-electron chi connectivity index (χ2n) is 6.31. The highest BCUT2D eigenvalue weighted by molar-refractivity contribution is 5.95. The van der Waals surface area contributed by atoms with Gasteiger partial charge in [0.25, 0.3) is 5.91 Å². The average molecular weight is 285 g/mol. The summed E-state index contributed by atoms with van der Waals surface area (Å²) in [6, 6.07) is 5.65. The molecule has 3 heteroatoms. The van der Waals surface area contributed by atoms with Crippen molar-refractivity contribution in [2.45, 2.75) is 45.6 Å². The lowest BCUT2D eigenvalue weighted by Crippen LogP contribution is -2.45. The standard InChI is InChI=1S/C18H23NO2/c1-13-10-14(6-4-5-9-20)12-15(11-13)17(21)19-18(2,3)16-7-8-16/h10-12,16,20H,5,7-9H2,1-3H3,(H,19,21). The van der Waals surface area contributed by atoms with Crippen LogP contribution in [0.1, 0.15) is 54.6 Å². The van der Waals surface area contributed by atoms with Gasteiger partial charge in [-0.15, -0.1) is 0 Å². The molecule has 0 heterocycles. The van der Waals surface area contributed by atoms with Crippen molar-refractivity contribution in [3.05, 3.63) is 34.9 Å². The molecule has 112 valence electrons. The van der Waals surface area contributed by atoms with Gasteiger partial charge < -0.3 is 10.4 Å². The predicted octanol–water partition coefficient (Wildman–Crippen LogP) is 2.65. The first kappa shape index (κ1) is 15.6. The normalized spacial score (nSPS) is 14.3. The van der Waals surface area contributed by atoms with E-state index in [4.69, 9.17) is 5.11 Å². The number of aliphatic hydroxyl groups excluding tert-OH is 1. The van der Waals surface area contributed by atoms with Gasteiger partial charge in [0.1, 0.15) is 0 Å². The molecule has 1 saturated carbocycles. The van der Waals surface area contributed by atoms with E-state index >= 15 is 0 Å². The van der Waals surface area contributed by atoms with E-state index in [2.05, 4.69) is 31.0 Å². The van der Waals surface area contributed by atoms with Crippen LogP contribution in [0.15, 0.2) is 18.2 Å². The fraction of sp³-hybridized carbons (Fsp3) is 0.500. The Balaban J connectivity index is 2.15. The topological polar surface area (TPSA) is 49.3 Å². The molecule has 3 nitrogen and oxygen atoms in total. The Labute approximate surface area is 126 Å². The van der Waals surface area contributed by atoms with Crippen LogP contribution < -0.4 is 5.32 Å². The van der Waals surface area contributed by atoms with Gasteiger partial charge in [0.2, 0.25) is 0 Å². The molecule has 0 spiro atoms. The van der Waals surface area contributed by atoms with Crippen molar-refractivity contribution in [2.75, 3.05) is 6.61 Å². The molecule has 0 saturated heterocycles. The maximum Gasteiger partial charge on any atom is 0.251 e. The summed E-state index contributed by atoms with van der Waals surface area (Å²) in [7, 11) is 0. The largest absolute Gasteiger partial charge is 0.395 e. The number of nitrogens with one attached hydrogen (secondary N) is 1. The minimum absolute atomic E-state index is 0.0409. The summed E-state index contributed by atoms with van der Waals surface area (Å²) in [5, 5.41) is 11.9. The van der Waals surface area contributed by atoms with Crippen LogP contribution in [0.25, 0.3) is 0 Å². The second kappa shape index (κ2) is 6.32. The summed E-state index contributed by atoms with van der Waals surface area (Å²) in [4.78, 5) is 12.4. The molecule has 21 heavy (non-hydrogen) atoms. The summed E-state index contributed by atoms with van der Waals surface area (Å²) in [6.07, 6.45) is 2.84. The van der Waals surface area contributed by atoms with Crippen LogP contribution in [-0.4, -0.2) is 23.2 Å². The van der Waals surface area contributed by atoms with E-state index in [1.54, 1.807) is 0 Å². The van der Waals surface area contributed by atoms with E-state index in [1.807, 2.05) is 25.1 Å². The number of carbonyl (C=O) groups is 1. The molecule has 1 aromatic rings. The number of amides is 1. The van der Waals surface area contributed by atoms with Crippen LogP contribution in [0.4, 0.5) is 0 Å². The van der Waals surface area contributed by atoms with Crippen LogP contribution in [0.2, 0.25) is 0 Å². The molecule has 1 aliphatic rings. The molecule has 0 atom stereocenters. The Bertz CT molecular complexity index is 589. The Morgan fingerprint density at radius 1 is 1.38 bits per heavy atom. The highest BCUT2D eigenvalue weighted by Gasteiger charge is 2.38. The highest BCUT2D eigenvalue weighted by atomic mass is 16.2. The Hall–Kier alpha value is -1.79. The van der Waals surface area contributed by atoms with Gasteiger partial charge >= 0.3 is 0 Å². The first-order valence-electron chi connectivity index (χ1n) is 7.46. The summed E-state index contributed by atoms with van der Waals surface area (Å²) in [6.45, 7) is 6.18. The summed E-state index contributed by atoms with van der Waals surface area (Å²) in [5.41, 5.74) is 2.33. The van der Waals surface area contributed by atoms with Crippen molar-refractivity contribution in [1.29, 1.82) is 0 Å². The van der Waals surface area contributed by atoms with E-state index in [0.717, 1.165) is 11.1 Å². The van der Waals surface area contributed by atoms with Crippen molar-refractivity contribution in [3.63, 3.8) is 0 Å². The quantitative estimate of drug-likeness (QED) is 0.836. The zero-order valence-electron chi connectivity index (χ0n) is 13.0. The van der Waals surface area contributed by atoms with Gasteiger partial charge in [-0.3, -0.25) is 4.79 Å². The van der Waals surface area contributed by atoms with Gasteiger partial charge in [-0.1, -0.05) is 11.8 Å². The molecule has 0 radical (unpaired) electrons. The smallest absolute Gasteiger partial charge is 0.251 e. The number of benzene rings is 1. The van der Waals surface area contributed by atoms with E-state index in [1.165, 1.54) is 12.8 Å². The molecule has 0 aliphatic heterocycles. The molecule has 0 aromatic heterocycles. The van der Waals surface area contributed by atoms with Gasteiger partial charge in [0.15, 0.2) is 0 Å². The highest BCUT2D eigenvalue weighted by Crippen LogP contribution is 2.39. The van der Waals surface area contributed by atoms with Crippen molar-refractivity contribution >= 4 is 5.91 Å². The zero-order chi connectivity index (χ0) is 15.5. The Kier molecular flexibility index (Phi) is 4.69. The molecule has 2 N–H and O–H groups in total. The molecule has 0 bridgehead atoms. The van der Waals surface area contributed by atoms with Gasteiger partial charge in [0, 0.05) is 23.1 Å². The maximum atomic E-state index is 12.4. The van der Waals surface area contributed by atoms with Gasteiger partial charge in [-0.25, -0.2) is 0 Å². The lowest BCUT2D eigenvalue weighted by atomic mass is 9.97. The summed E-state index contributed by atoms with van der Waals surface area (Å²) < 4.78 is 0. The lowest BCUT2D eigenvalue weighted by molar-refractivity contribution is 0.0903. The van der Waals surface area contributed by atoms with E-state index in [0.29, 0.717) is 17.9 Å². The molecular formula is C18H23NO2. The minimum atomic E-state index is -0.149.